The standard InChI is InChI=1S/C11H9ClN/c12-10-4-6-11(7-5-10)13-8-2-1-3-9-13/h1-9H/q+1. The number of hydrogen-bond acceptors (Lipinski definition) is 0. The topological polar surface area (TPSA) is 3.88 Å². The molecule has 1 aromatic heterocycles. The summed E-state index contributed by atoms with van der Waals surface area (Å²) in [4.78, 5) is 0. The zero-order valence-electron chi connectivity index (χ0n) is 7.02. The lowest BCUT2D eigenvalue weighted by Gasteiger charge is -1.93. The van der Waals surface area contributed by atoms with Crippen molar-refractivity contribution in [3.8, 4) is 5.69 Å². The second kappa shape index (κ2) is 3.58. The van der Waals surface area contributed by atoms with Gasteiger partial charge in [-0.15, -0.1) is 0 Å². The number of nitrogens with zero attached hydrogens (tertiary/aromatic N) is 1. The second-order valence-electron chi connectivity index (χ2n) is 2.76. The number of rotatable bonds is 1. The van der Waals surface area contributed by atoms with Crippen LogP contribution in [0.15, 0.2) is 54.9 Å². The van der Waals surface area contributed by atoms with E-state index >= 15 is 0 Å². The highest BCUT2D eigenvalue weighted by Crippen LogP contribution is 2.08. The molecule has 13 heavy (non-hydrogen) atoms. The first-order valence-electron chi connectivity index (χ1n) is 4.08. The minimum absolute atomic E-state index is 0.764. The van der Waals surface area contributed by atoms with Crippen LogP contribution in [0.2, 0.25) is 5.02 Å². The van der Waals surface area contributed by atoms with Gasteiger partial charge >= 0.3 is 0 Å². The Morgan fingerprint density at radius 2 is 1.46 bits per heavy atom. The minimum Gasteiger partial charge on any atom is -0.167 e. The molecule has 0 radical (unpaired) electrons. The smallest absolute Gasteiger partial charge is 0.167 e. The molecule has 2 aromatic rings. The molecule has 2 rings (SSSR count). The molecule has 0 aliphatic carbocycles. The number of pyridine rings is 1. The highest BCUT2D eigenvalue weighted by Gasteiger charge is 2.01. The van der Waals surface area contributed by atoms with Gasteiger partial charge in [0.05, 0.1) is 0 Å². The maximum Gasteiger partial charge on any atom is 0.210 e. The summed E-state index contributed by atoms with van der Waals surface area (Å²) in [5.74, 6) is 0. The van der Waals surface area contributed by atoms with Crippen LogP contribution < -0.4 is 4.57 Å². The maximum atomic E-state index is 5.79. The van der Waals surface area contributed by atoms with Crippen molar-refractivity contribution in [3.63, 3.8) is 0 Å². The molecule has 1 aromatic carbocycles. The quantitative estimate of drug-likeness (QED) is 0.609. The molecule has 0 bridgehead atoms. The summed E-state index contributed by atoms with van der Waals surface area (Å²) in [6.45, 7) is 0. The van der Waals surface area contributed by atoms with Gasteiger partial charge in [-0.3, -0.25) is 0 Å². The fourth-order valence-electron chi connectivity index (χ4n) is 1.18. The van der Waals surface area contributed by atoms with Crippen LogP contribution in [-0.2, 0) is 0 Å². The Balaban J connectivity index is 2.42. The van der Waals surface area contributed by atoms with E-state index in [1.807, 2.05) is 59.4 Å². The number of aromatic nitrogens is 1. The Labute approximate surface area is 82.2 Å². The summed E-state index contributed by atoms with van der Waals surface area (Å²) in [5.41, 5.74) is 1.12. The van der Waals surface area contributed by atoms with Crippen molar-refractivity contribution < 1.29 is 4.57 Å². The highest BCUT2D eigenvalue weighted by atomic mass is 35.5. The molecule has 0 saturated heterocycles. The van der Waals surface area contributed by atoms with Crippen LogP contribution in [0.25, 0.3) is 5.69 Å². The molecule has 1 heterocycles. The molecule has 0 fully saturated rings. The van der Waals surface area contributed by atoms with Crippen molar-refractivity contribution in [1.82, 2.24) is 0 Å². The molecule has 0 unspecified atom stereocenters. The van der Waals surface area contributed by atoms with Gasteiger partial charge in [-0.25, -0.2) is 0 Å². The van der Waals surface area contributed by atoms with E-state index in [0.717, 1.165) is 10.7 Å². The number of hydrogen-bond donors (Lipinski definition) is 0. The molecule has 0 aliphatic rings. The first-order valence-corrected chi connectivity index (χ1v) is 4.46. The molecular weight excluding hydrogens is 182 g/mol. The minimum atomic E-state index is 0.764. The lowest BCUT2D eigenvalue weighted by atomic mass is 10.3. The van der Waals surface area contributed by atoms with E-state index in [1.165, 1.54) is 0 Å². The van der Waals surface area contributed by atoms with E-state index in [2.05, 4.69) is 0 Å². The van der Waals surface area contributed by atoms with Gasteiger partial charge < -0.3 is 0 Å². The summed E-state index contributed by atoms with van der Waals surface area (Å²) >= 11 is 5.79. The van der Waals surface area contributed by atoms with Gasteiger partial charge in [-0.2, -0.15) is 4.57 Å². The summed E-state index contributed by atoms with van der Waals surface area (Å²) in [7, 11) is 0. The Hall–Kier alpha value is -1.34. The molecular formula is C11H9ClN+. The van der Waals surface area contributed by atoms with Crippen molar-refractivity contribution in [1.29, 1.82) is 0 Å². The van der Waals surface area contributed by atoms with Crippen molar-refractivity contribution >= 4 is 11.6 Å². The van der Waals surface area contributed by atoms with E-state index in [0.29, 0.717) is 0 Å². The lowest BCUT2D eigenvalue weighted by molar-refractivity contribution is -0.595. The van der Waals surface area contributed by atoms with Crippen LogP contribution in [0.3, 0.4) is 0 Å². The monoisotopic (exact) mass is 190 g/mol. The van der Waals surface area contributed by atoms with Crippen molar-refractivity contribution in [2.24, 2.45) is 0 Å². The molecule has 2 heteroatoms. The van der Waals surface area contributed by atoms with Gasteiger partial charge in [0.25, 0.3) is 0 Å². The summed E-state index contributed by atoms with van der Waals surface area (Å²) < 4.78 is 2.04. The normalized spacial score (nSPS) is 9.92. The zero-order chi connectivity index (χ0) is 9.10. The molecule has 0 aliphatic heterocycles. The first kappa shape index (κ1) is 8.27. The Kier molecular flexibility index (Phi) is 2.28. The fraction of sp³-hybridized carbons (Fsp3) is 0. The van der Waals surface area contributed by atoms with Crippen molar-refractivity contribution in [2.75, 3.05) is 0 Å². The zero-order valence-corrected chi connectivity index (χ0v) is 7.78. The summed E-state index contributed by atoms with van der Waals surface area (Å²) in [5, 5.41) is 0.764. The Bertz CT molecular complexity index is 381. The first-order chi connectivity index (χ1) is 6.36. The molecule has 0 spiro atoms. The third kappa shape index (κ3) is 1.87. The van der Waals surface area contributed by atoms with Crippen LogP contribution in [0.1, 0.15) is 0 Å². The largest absolute Gasteiger partial charge is 0.210 e. The predicted molar refractivity (Wildman–Crippen MR) is 53.0 cm³/mol. The number of halogens is 1. The summed E-state index contributed by atoms with van der Waals surface area (Å²) in [6, 6.07) is 13.7. The van der Waals surface area contributed by atoms with E-state index in [4.69, 9.17) is 11.6 Å². The lowest BCUT2D eigenvalue weighted by Crippen LogP contribution is -2.28. The maximum absolute atomic E-state index is 5.79. The number of benzene rings is 1. The molecule has 0 atom stereocenters. The fourth-order valence-corrected chi connectivity index (χ4v) is 1.31. The van der Waals surface area contributed by atoms with Crippen LogP contribution in [0.4, 0.5) is 0 Å². The van der Waals surface area contributed by atoms with Crippen LogP contribution in [0, 0.1) is 0 Å². The van der Waals surface area contributed by atoms with E-state index < -0.39 is 0 Å². The van der Waals surface area contributed by atoms with Crippen LogP contribution in [0.5, 0.6) is 0 Å². The predicted octanol–water partition coefficient (Wildman–Crippen LogP) is 2.62. The average molecular weight is 191 g/mol. The van der Waals surface area contributed by atoms with Gasteiger partial charge in [0.15, 0.2) is 12.4 Å². The van der Waals surface area contributed by atoms with E-state index in [-0.39, 0.29) is 0 Å². The van der Waals surface area contributed by atoms with Crippen LogP contribution >= 0.6 is 11.6 Å². The third-order valence-electron chi connectivity index (χ3n) is 1.84. The van der Waals surface area contributed by atoms with Gasteiger partial charge in [0.2, 0.25) is 5.69 Å². The molecule has 0 saturated carbocycles. The molecule has 0 N–H and O–H groups in total. The Morgan fingerprint density at radius 3 is 2.08 bits per heavy atom. The van der Waals surface area contributed by atoms with Gasteiger partial charge in [0.1, 0.15) is 0 Å². The molecule has 1 nitrogen and oxygen atoms in total. The Morgan fingerprint density at radius 1 is 0.846 bits per heavy atom. The second-order valence-corrected chi connectivity index (χ2v) is 3.20. The van der Waals surface area contributed by atoms with Gasteiger partial charge in [-0.05, 0) is 12.1 Å². The molecule has 64 valence electrons. The van der Waals surface area contributed by atoms with Crippen molar-refractivity contribution in [3.05, 3.63) is 59.9 Å². The van der Waals surface area contributed by atoms with E-state index in [9.17, 15) is 0 Å². The van der Waals surface area contributed by atoms with E-state index in [1.54, 1.807) is 0 Å². The highest BCUT2D eigenvalue weighted by molar-refractivity contribution is 6.30. The van der Waals surface area contributed by atoms with Gasteiger partial charge in [-0.1, -0.05) is 17.7 Å². The molecule has 0 amide bonds. The van der Waals surface area contributed by atoms with Crippen molar-refractivity contribution in [2.45, 2.75) is 0 Å². The average Bonchev–Trinajstić information content (AvgIpc) is 2.20. The van der Waals surface area contributed by atoms with Gasteiger partial charge in [0, 0.05) is 29.3 Å². The summed E-state index contributed by atoms with van der Waals surface area (Å²) in [6.07, 6.45) is 4.01. The third-order valence-corrected chi connectivity index (χ3v) is 2.09. The van der Waals surface area contributed by atoms with Crippen LogP contribution in [-0.4, -0.2) is 0 Å². The SMILES string of the molecule is Clc1ccc(-[n+]2ccccc2)cc1.